The molecule has 96 valence electrons. The molecule has 5 N–H and O–H groups in total. The molecular weight excluding hydrogens is 285 g/mol. The predicted molar refractivity (Wildman–Crippen MR) is 47.8 cm³/mol. The average molecular weight is 297 g/mol. The molecule has 0 aliphatic rings. The molecule has 0 saturated carbocycles. The van der Waals surface area contributed by atoms with Crippen LogP contribution in [0.25, 0.3) is 0 Å². The minimum absolute atomic E-state index is 0. The second kappa shape index (κ2) is 9.01. The number of nitrogens with one attached hydrogen (secondary N) is 1. The van der Waals surface area contributed by atoms with Crippen LogP contribution in [0.4, 0.5) is 0 Å². The van der Waals surface area contributed by atoms with Gasteiger partial charge in [0.25, 0.3) is 0 Å². The van der Waals surface area contributed by atoms with E-state index in [9.17, 15) is 22.9 Å². The Morgan fingerprint density at radius 1 is 1.24 bits per heavy atom. The largest absolute Gasteiger partial charge is 1.00 e. The molecule has 0 radical (unpaired) electrons. The number of rotatable bonds is 7. The minimum atomic E-state index is -4.99. The molecule has 0 spiro atoms. The Kier molecular flexibility index (Phi) is 10.8. The molecule has 0 aromatic rings. The molecule has 0 saturated heterocycles. The summed E-state index contributed by atoms with van der Waals surface area (Å²) in [7, 11) is -4.99. The van der Waals surface area contributed by atoms with E-state index in [1.165, 1.54) is 4.72 Å². The van der Waals surface area contributed by atoms with Gasteiger partial charge in [0.05, 0.1) is 6.61 Å². The zero-order valence-electron chi connectivity index (χ0n) is 8.92. The molecule has 9 nitrogen and oxygen atoms in total. The van der Waals surface area contributed by atoms with Gasteiger partial charge in [0, 0.05) is 0 Å². The SMILES string of the molecule is O=C[C@H](NS(=O)(=O)[O-])C(O)C(O)C(O)CO.[K+]. The van der Waals surface area contributed by atoms with Crippen LogP contribution in [0.1, 0.15) is 0 Å². The summed E-state index contributed by atoms with van der Waals surface area (Å²) in [6, 6.07) is -1.90. The van der Waals surface area contributed by atoms with Crippen molar-refractivity contribution in [2.45, 2.75) is 24.4 Å². The molecule has 4 atom stereocenters. The van der Waals surface area contributed by atoms with Crippen molar-refractivity contribution in [2.24, 2.45) is 0 Å². The van der Waals surface area contributed by atoms with E-state index in [4.69, 9.17) is 15.3 Å². The van der Waals surface area contributed by atoms with Gasteiger partial charge in [-0.15, -0.1) is 0 Å². The second-order valence-corrected chi connectivity index (χ2v) is 4.11. The van der Waals surface area contributed by atoms with Gasteiger partial charge in [-0.1, -0.05) is 0 Å². The first-order valence-electron chi connectivity index (χ1n) is 4.06. The van der Waals surface area contributed by atoms with Crippen molar-refractivity contribution in [3.05, 3.63) is 0 Å². The molecular formula is C6H12KNO8S. The van der Waals surface area contributed by atoms with Gasteiger partial charge in [0.1, 0.15) is 30.6 Å². The molecule has 0 bridgehead atoms. The topological polar surface area (TPSA) is 167 Å². The first-order valence-corrected chi connectivity index (χ1v) is 5.47. The predicted octanol–water partition coefficient (Wildman–Crippen LogP) is -7.32. The Morgan fingerprint density at radius 2 is 1.71 bits per heavy atom. The summed E-state index contributed by atoms with van der Waals surface area (Å²) in [5.74, 6) is 0. The van der Waals surface area contributed by atoms with Gasteiger partial charge < -0.3 is 29.8 Å². The number of carbonyl (C=O) groups excluding carboxylic acids is 1. The Labute approximate surface area is 140 Å². The van der Waals surface area contributed by atoms with Crippen molar-refractivity contribution in [3.8, 4) is 0 Å². The van der Waals surface area contributed by atoms with Crippen LogP contribution in [-0.2, 0) is 15.1 Å². The van der Waals surface area contributed by atoms with E-state index in [1.807, 2.05) is 0 Å². The van der Waals surface area contributed by atoms with Crippen LogP contribution in [0.15, 0.2) is 0 Å². The number of hydrogen-bond acceptors (Lipinski definition) is 8. The van der Waals surface area contributed by atoms with Crippen LogP contribution < -0.4 is 56.1 Å². The molecule has 17 heavy (non-hydrogen) atoms. The fourth-order valence-corrected chi connectivity index (χ4v) is 1.42. The number of hydrogen-bond donors (Lipinski definition) is 5. The number of aliphatic hydroxyl groups excluding tert-OH is 4. The van der Waals surface area contributed by atoms with Gasteiger partial charge in [0.2, 0.25) is 0 Å². The smallest absolute Gasteiger partial charge is 0.735 e. The van der Waals surface area contributed by atoms with Gasteiger partial charge in [-0.3, -0.25) is 0 Å². The second-order valence-electron chi connectivity index (χ2n) is 2.96. The molecule has 0 aromatic heterocycles. The summed E-state index contributed by atoms with van der Waals surface area (Å²) in [6.45, 7) is -0.909. The van der Waals surface area contributed by atoms with E-state index in [2.05, 4.69) is 0 Å². The van der Waals surface area contributed by atoms with Gasteiger partial charge in [0.15, 0.2) is 10.3 Å². The van der Waals surface area contributed by atoms with Crippen molar-refractivity contribution >= 4 is 16.6 Å². The van der Waals surface area contributed by atoms with Crippen LogP contribution in [0.5, 0.6) is 0 Å². The standard InChI is InChI=1S/C6H13NO8S.K/c8-1-3(7-16(13,14)15)5(11)6(12)4(10)2-9;/h1,3-7,9-12H,2H2,(H,13,14,15);/q;+1/p-1/t3-,4?,5?,6?;/m0./s1. The Balaban J connectivity index is 0. The third-order valence-corrected chi connectivity index (χ3v) is 2.29. The number of aliphatic hydroxyl groups is 4. The summed E-state index contributed by atoms with van der Waals surface area (Å²) < 4.78 is 31.9. The first-order chi connectivity index (χ1) is 7.22. The fourth-order valence-electron chi connectivity index (χ4n) is 0.893. The average Bonchev–Trinajstić information content (AvgIpc) is 2.21. The van der Waals surface area contributed by atoms with Gasteiger partial charge in [-0.05, 0) is 0 Å². The zero-order chi connectivity index (χ0) is 12.9. The Bertz CT molecular complexity index is 322. The van der Waals surface area contributed by atoms with Crippen LogP contribution in [0.3, 0.4) is 0 Å². The summed E-state index contributed by atoms with van der Waals surface area (Å²) in [4.78, 5) is 10.4. The van der Waals surface area contributed by atoms with E-state index in [0.717, 1.165) is 0 Å². The van der Waals surface area contributed by atoms with Crippen LogP contribution >= 0.6 is 0 Å². The third-order valence-electron chi connectivity index (χ3n) is 1.73. The van der Waals surface area contributed by atoms with Gasteiger partial charge >= 0.3 is 51.4 Å². The molecule has 0 heterocycles. The maximum absolute atomic E-state index is 10.4. The zero-order valence-corrected chi connectivity index (χ0v) is 12.9. The summed E-state index contributed by atoms with van der Waals surface area (Å²) in [5.41, 5.74) is 0. The molecule has 0 aromatic carbocycles. The van der Waals surface area contributed by atoms with Crippen molar-refractivity contribution < 1.29 is 89.6 Å². The molecule has 0 rings (SSSR count). The molecule has 0 aliphatic carbocycles. The summed E-state index contributed by atoms with van der Waals surface area (Å²) in [5, 5.41) is 35.7. The van der Waals surface area contributed by atoms with Crippen molar-refractivity contribution in [1.29, 1.82) is 0 Å². The monoisotopic (exact) mass is 297 g/mol. The van der Waals surface area contributed by atoms with Gasteiger partial charge in [-0.25, -0.2) is 13.1 Å². The van der Waals surface area contributed by atoms with E-state index in [0.29, 0.717) is 0 Å². The van der Waals surface area contributed by atoms with Crippen LogP contribution in [-0.4, -0.2) is 70.6 Å². The molecule has 11 heteroatoms. The van der Waals surface area contributed by atoms with Crippen LogP contribution in [0.2, 0.25) is 0 Å². The van der Waals surface area contributed by atoms with Crippen molar-refractivity contribution in [2.75, 3.05) is 6.61 Å². The normalized spacial score (nSPS) is 18.6. The quantitative estimate of drug-likeness (QED) is 0.175. The molecule has 0 aliphatic heterocycles. The Morgan fingerprint density at radius 3 is 2.00 bits per heavy atom. The fraction of sp³-hybridized carbons (Fsp3) is 0.833. The van der Waals surface area contributed by atoms with E-state index in [1.54, 1.807) is 0 Å². The van der Waals surface area contributed by atoms with E-state index >= 15 is 0 Å². The van der Waals surface area contributed by atoms with Gasteiger partial charge in [-0.2, -0.15) is 0 Å². The van der Waals surface area contributed by atoms with E-state index in [-0.39, 0.29) is 57.7 Å². The molecule has 3 unspecified atom stereocenters. The first kappa shape index (κ1) is 20.3. The molecule has 0 fully saturated rings. The number of aldehydes is 1. The summed E-state index contributed by atoms with van der Waals surface area (Å²) in [6.07, 6.45) is -5.92. The number of carbonyl (C=O) groups is 1. The third kappa shape index (κ3) is 7.92. The minimum Gasteiger partial charge on any atom is -0.735 e. The van der Waals surface area contributed by atoms with E-state index < -0.39 is 41.3 Å². The molecule has 0 amide bonds. The van der Waals surface area contributed by atoms with Crippen molar-refractivity contribution in [1.82, 2.24) is 4.72 Å². The maximum atomic E-state index is 10.4. The van der Waals surface area contributed by atoms with Crippen molar-refractivity contribution in [3.63, 3.8) is 0 Å². The van der Waals surface area contributed by atoms with Crippen LogP contribution in [0, 0.1) is 0 Å². The summed E-state index contributed by atoms with van der Waals surface area (Å²) >= 11 is 0. The Hall–Kier alpha value is 1.02. The maximum Gasteiger partial charge on any atom is 1.00 e.